The van der Waals surface area contributed by atoms with E-state index < -0.39 is 5.97 Å². The van der Waals surface area contributed by atoms with Gasteiger partial charge in [-0.05, 0) is 55.0 Å². The lowest BCUT2D eigenvalue weighted by molar-refractivity contribution is -0.137. The normalized spacial score (nSPS) is 17.8. The standard InChI is InChI=1S/C15H15FN2O2/c16-11-4-6-12(7-5-11)18-14-3-1-2-10(8-15(19)20)13(14)9-17-18/h4-7,9-10H,1-3,8H2,(H,19,20). The molecule has 1 aromatic heterocycles. The van der Waals surface area contributed by atoms with Crippen LogP contribution in [0, 0.1) is 5.82 Å². The number of aromatic nitrogens is 2. The smallest absolute Gasteiger partial charge is 0.303 e. The number of halogens is 1. The van der Waals surface area contributed by atoms with Gasteiger partial charge < -0.3 is 5.11 Å². The summed E-state index contributed by atoms with van der Waals surface area (Å²) in [6.07, 6.45) is 4.61. The Morgan fingerprint density at radius 3 is 2.85 bits per heavy atom. The highest BCUT2D eigenvalue weighted by Gasteiger charge is 2.26. The molecule has 0 aliphatic heterocycles. The average molecular weight is 274 g/mol. The number of carboxylic acids is 1. The zero-order chi connectivity index (χ0) is 14.1. The summed E-state index contributed by atoms with van der Waals surface area (Å²) in [5.41, 5.74) is 2.88. The third-order valence-electron chi connectivity index (χ3n) is 3.80. The van der Waals surface area contributed by atoms with Crippen LogP contribution in [0.15, 0.2) is 30.5 Å². The van der Waals surface area contributed by atoms with Crippen molar-refractivity contribution >= 4 is 5.97 Å². The predicted molar refractivity (Wildman–Crippen MR) is 71.5 cm³/mol. The quantitative estimate of drug-likeness (QED) is 0.936. The summed E-state index contributed by atoms with van der Waals surface area (Å²) in [5.74, 6) is -1.03. The van der Waals surface area contributed by atoms with Crippen LogP contribution in [0.1, 0.15) is 36.4 Å². The predicted octanol–water partition coefficient (Wildman–Crippen LogP) is 2.91. The fraction of sp³-hybridized carbons (Fsp3) is 0.333. The molecule has 3 rings (SSSR count). The maximum absolute atomic E-state index is 13.0. The summed E-state index contributed by atoms with van der Waals surface area (Å²) in [7, 11) is 0. The summed E-state index contributed by atoms with van der Waals surface area (Å²) in [5, 5.41) is 13.3. The van der Waals surface area contributed by atoms with Crippen molar-refractivity contribution in [1.29, 1.82) is 0 Å². The van der Waals surface area contributed by atoms with Crippen molar-refractivity contribution < 1.29 is 14.3 Å². The van der Waals surface area contributed by atoms with Gasteiger partial charge in [-0.15, -0.1) is 0 Å². The van der Waals surface area contributed by atoms with Crippen molar-refractivity contribution in [2.45, 2.75) is 31.6 Å². The maximum atomic E-state index is 13.0. The van der Waals surface area contributed by atoms with Gasteiger partial charge in [-0.25, -0.2) is 9.07 Å². The fourth-order valence-electron chi connectivity index (χ4n) is 2.88. The van der Waals surface area contributed by atoms with E-state index >= 15 is 0 Å². The van der Waals surface area contributed by atoms with Gasteiger partial charge in [-0.2, -0.15) is 5.10 Å². The Bertz CT molecular complexity index is 634. The SMILES string of the molecule is O=C(O)CC1CCCc2c1cnn2-c1ccc(F)cc1. The molecule has 5 heteroatoms. The molecule has 1 aliphatic carbocycles. The van der Waals surface area contributed by atoms with Crippen molar-refractivity contribution in [2.24, 2.45) is 0 Å². The molecule has 20 heavy (non-hydrogen) atoms. The van der Waals surface area contributed by atoms with Gasteiger partial charge in [-0.3, -0.25) is 4.79 Å². The molecule has 2 aromatic rings. The third kappa shape index (κ3) is 2.31. The molecule has 0 radical (unpaired) electrons. The Kier molecular flexibility index (Phi) is 3.26. The molecule has 0 amide bonds. The van der Waals surface area contributed by atoms with Crippen molar-refractivity contribution in [1.82, 2.24) is 9.78 Å². The first kappa shape index (κ1) is 12.8. The number of benzene rings is 1. The number of nitrogens with zero attached hydrogens (tertiary/aromatic N) is 2. The molecule has 1 heterocycles. The second kappa shape index (κ2) is 5.07. The lowest BCUT2D eigenvalue weighted by atomic mass is 9.85. The highest BCUT2D eigenvalue weighted by molar-refractivity contribution is 5.68. The molecule has 1 N–H and O–H groups in total. The molecule has 0 fully saturated rings. The molecular weight excluding hydrogens is 259 g/mol. The van der Waals surface area contributed by atoms with Gasteiger partial charge in [-0.1, -0.05) is 0 Å². The second-order valence-corrected chi connectivity index (χ2v) is 5.12. The van der Waals surface area contributed by atoms with Crippen LogP contribution in [-0.4, -0.2) is 20.9 Å². The first-order valence-corrected chi connectivity index (χ1v) is 6.69. The van der Waals surface area contributed by atoms with Crippen LogP contribution in [0.4, 0.5) is 4.39 Å². The highest BCUT2D eigenvalue weighted by Crippen LogP contribution is 2.34. The van der Waals surface area contributed by atoms with Crippen LogP contribution in [0.25, 0.3) is 5.69 Å². The molecular formula is C15H15FN2O2. The molecule has 0 saturated carbocycles. The number of aliphatic carboxylic acids is 1. The van der Waals surface area contributed by atoms with E-state index in [4.69, 9.17) is 5.11 Å². The van der Waals surface area contributed by atoms with Gasteiger partial charge in [0.25, 0.3) is 0 Å². The van der Waals surface area contributed by atoms with Gasteiger partial charge in [0.2, 0.25) is 0 Å². The van der Waals surface area contributed by atoms with Crippen molar-refractivity contribution in [3.05, 3.63) is 47.5 Å². The highest BCUT2D eigenvalue weighted by atomic mass is 19.1. The molecule has 0 bridgehead atoms. The van der Waals surface area contributed by atoms with Crippen molar-refractivity contribution in [3.8, 4) is 5.69 Å². The van der Waals surface area contributed by atoms with Crippen LogP contribution in [0.2, 0.25) is 0 Å². The summed E-state index contributed by atoms with van der Waals surface area (Å²) in [6, 6.07) is 6.18. The van der Waals surface area contributed by atoms with Gasteiger partial charge in [0.15, 0.2) is 0 Å². The van der Waals surface area contributed by atoms with E-state index in [0.717, 1.165) is 36.2 Å². The Morgan fingerprint density at radius 2 is 2.15 bits per heavy atom. The monoisotopic (exact) mass is 274 g/mol. The van der Waals surface area contributed by atoms with E-state index in [2.05, 4.69) is 5.10 Å². The maximum Gasteiger partial charge on any atom is 0.303 e. The topological polar surface area (TPSA) is 55.1 Å². The van der Waals surface area contributed by atoms with Gasteiger partial charge in [0, 0.05) is 5.69 Å². The van der Waals surface area contributed by atoms with E-state index in [0.29, 0.717) is 0 Å². The molecule has 4 nitrogen and oxygen atoms in total. The third-order valence-corrected chi connectivity index (χ3v) is 3.80. The van der Waals surface area contributed by atoms with E-state index in [9.17, 15) is 9.18 Å². The molecule has 1 aromatic carbocycles. The lowest BCUT2D eigenvalue weighted by Crippen LogP contribution is -2.14. The van der Waals surface area contributed by atoms with Crippen LogP contribution in [0.3, 0.4) is 0 Å². The summed E-state index contributed by atoms with van der Waals surface area (Å²) in [4.78, 5) is 10.9. The summed E-state index contributed by atoms with van der Waals surface area (Å²) >= 11 is 0. The van der Waals surface area contributed by atoms with E-state index in [1.54, 1.807) is 23.0 Å². The van der Waals surface area contributed by atoms with Crippen LogP contribution >= 0.6 is 0 Å². The number of carbonyl (C=O) groups is 1. The molecule has 104 valence electrons. The first-order chi connectivity index (χ1) is 9.65. The number of carboxylic acid groups (broad SMARTS) is 1. The average Bonchev–Trinajstić information content (AvgIpc) is 2.84. The largest absolute Gasteiger partial charge is 0.481 e. The minimum atomic E-state index is -0.780. The molecule has 0 saturated heterocycles. The van der Waals surface area contributed by atoms with Gasteiger partial charge >= 0.3 is 5.97 Å². The van der Waals surface area contributed by atoms with Gasteiger partial charge in [0.05, 0.1) is 18.3 Å². The second-order valence-electron chi connectivity index (χ2n) is 5.12. The van der Waals surface area contributed by atoms with Crippen LogP contribution in [-0.2, 0) is 11.2 Å². The molecule has 0 spiro atoms. The van der Waals surface area contributed by atoms with E-state index in [-0.39, 0.29) is 18.2 Å². The Hall–Kier alpha value is -2.17. The number of hydrogen-bond acceptors (Lipinski definition) is 2. The van der Waals surface area contributed by atoms with Crippen LogP contribution < -0.4 is 0 Å². The minimum Gasteiger partial charge on any atom is -0.481 e. The van der Waals surface area contributed by atoms with Gasteiger partial charge in [0.1, 0.15) is 5.82 Å². The fourth-order valence-corrected chi connectivity index (χ4v) is 2.88. The van der Waals surface area contributed by atoms with Crippen LogP contribution in [0.5, 0.6) is 0 Å². The Labute approximate surface area is 115 Å². The van der Waals surface area contributed by atoms with Crippen molar-refractivity contribution in [2.75, 3.05) is 0 Å². The van der Waals surface area contributed by atoms with Crippen molar-refractivity contribution in [3.63, 3.8) is 0 Å². The number of fused-ring (bicyclic) bond motifs is 1. The number of hydrogen-bond donors (Lipinski definition) is 1. The Balaban J connectivity index is 1.97. The minimum absolute atomic E-state index is 0.0328. The first-order valence-electron chi connectivity index (χ1n) is 6.69. The van der Waals surface area contributed by atoms with E-state index in [1.165, 1.54) is 12.1 Å². The molecule has 1 unspecified atom stereocenters. The van der Waals surface area contributed by atoms with E-state index in [1.807, 2.05) is 0 Å². The summed E-state index contributed by atoms with van der Waals surface area (Å²) < 4.78 is 14.8. The Morgan fingerprint density at radius 1 is 1.40 bits per heavy atom. The zero-order valence-corrected chi connectivity index (χ0v) is 10.9. The summed E-state index contributed by atoms with van der Waals surface area (Å²) in [6.45, 7) is 0. The lowest BCUT2D eigenvalue weighted by Gasteiger charge is -2.21. The zero-order valence-electron chi connectivity index (χ0n) is 10.9. The molecule has 1 atom stereocenters. The molecule has 1 aliphatic rings. The number of rotatable bonds is 3.